The van der Waals surface area contributed by atoms with E-state index in [0.29, 0.717) is 17.0 Å². The van der Waals surface area contributed by atoms with Gasteiger partial charge in [-0.05, 0) is 44.5 Å². The third-order valence-electron chi connectivity index (χ3n) is 3.04. The highest BCUT2D eigenvalue weighted by Gasteiger charge is 2.16. The fourth-order valence-corrected chi connectivity index (χ4v) is 2.04. The van der Waals surface area contributed by atoms with Gasteiger partial charge in [-0.15, -0.1) is 0 Å². The molecule has 1 atom stereocenters. The van der Waals surface area contributed by atoms with E-state index in [1.165, 1.54) is 0 Å². The number of carbonyl (C=O) groups excluding carboxylic acids is 1. The predicted molar refractivity (Wildman–Crippen MR) is 74.9 cm³/mol. The lowest BCUT2D eigenvalue weighted by Gasteiger charge is -2.14. The smallest absolute Gasteiger partial charge is 0.255 e. The Bertz CT molecular complexity index is 602. The van der Waals surface area contributed by atoms with Crippen LogP contribution in [0.1, 0.15) is 40.4 Å². The molecule has 0 saturated carbocycles. The van der Waals surface area contributed by atoms with Crippen molar-refractivity contribution in [2.24, 2.45) is 0 Å². The summed E-state index contributed by atoms with van der Waals surface area (Å²) >= 11 is 0. The van der Waals surface area contributed by atoms with Crippen LogP contribution in [0.25, 0.3) is 0 Å². The van der Waals surface area contributed by atoms with Gasteiger partial charge in [0.15, 0.2) is 0 Å². The molecule has 0 aliphatic heterocycles. The first-order valence-electron chi connectivity index (χ1n) is 6.20. The Labute approximate surface area is 112 Å². The molecule has 1 heterocycles. The number of benzene rings is 1. The van der Waals surface area contributed by atoms with Crippen LogP contribution >= 0.6 is 0 Å². The second kappa shape index (κ2) is 5.18. The van der Waals surface area contributed by atoms with Crippen molar-refractivity contribution in [3.63, 3.8) is 0 Å². The van der Waals surface area contributed by atoms with Gasteiger partial charge < -0.3 is 15.5 Å². The van der Waals surface area contributed by atoms with Gasteiger partial charge in [0.05, 0.1) is 11.6 Å². The maximum atomic E-state index is 12.1. The summed E-state index contributed by atoms with van der Waals surface area (Å²) in [4.78, 5) is 12.1. The van der Waals surface area contributed by atoms with Gasteiger partial charge in [-0.25, -0.2) is 0 Å². The molecule has 100 valence electrons. The number of rotatable bonds is 3. The monoisotopic (exact) mass is 258 g/mol. The van der Waals surface area contributed by atoms with Gasteiger partial charge in [-0.1, -0.05) is 12.1 Å². The first-order chi connectivity index (χ1) is 8.97. The van der Waals surface area contributed by atoms with E-state index in [4.69, 9.17) is 10.2 Å². The van der Waals surface area contributed by atoms with E-state index in [9.17, 15) is 4.79 Å². The molecule has 2 rings (SSSR count). The van der Waals surface area contributed by atoms with Crippen LogP contribution in [0.5, 0.6) is 0 Å². The summed E-state index contributed by atoms with van der Waals surface area (Å²) in [5.41, 5.74) is 7.98. The van der Waals surface area contributed by atoms with E-state index in [1.54, 1.807) is 13.0 Å². The normalized spacial score (nSPS) is 12.2. The Balaban J connectivity index is 2.13. The van der Waals surface area contributed by atoms with E-state index in [2.05, 4.69) is 5.32 Å². The molecule has 0 fully saturated rings. The summed E-state index contributed by atoms with van der Waals surface area (Å²) in [6.45, 7) is 5.53. The third-order valence-corrected chi connectivity index (χ3v) is 3.04. The number of hydrogen-bond donors (Lipinski definition) is 2. The van der Waals surface area contributed by atoms with Crippen molar-refractivity contribution in [2.45, 2.75) is 26.8 Å². The summed E-state index contributed by atoms with van der Waals surface area (Å²) in [7, 11) is 0. The van der Waals surface area contributed by atoms with Crippen molar-refractivity contribution < 1.29 is 9.21 Å². The number of nitrogens with one attached hydrogen (secondary N) is 1. The van der Waals surface area contributed by atoms with Crippen LogP contribution in [0, 0.1) is 13.8 Å². The molecule has 0 aliphatic carbocycles. The molecular weight excluding hydrogens is 240 g/mol. The van der Waals surface area contributed by atoms with Gasteiger partial charge in [-0.3, -0.25) is 4.79 Å². The standard InChI is InChI=1S/C15H18N2O2/c1-9-7-14(11(3)19-9)15(18)17-10(2)12-5-4-6-13(16)8-12/h4-8,10H,16H2,1-3H3,(H,17,18). The van der Waals surface area contributed by atoms with Crippen LogP contribution in [-0.2, 0) is 0 Å². The summed E-state index contributed by atoms with van der Waals surface area (Å²) in [6.07, 6.45) is 0. The molecule has 1 amide bonds. The lowest BCUT2D eigenvalue weighted by atomic mass is 10.1. The topological polar surface area (TPSA) is 68.3 Å². The molecule has 1 aromatic heterocycles. The summed E-state index contributed by atoms with van der Waals surface area (Å²) in [6, 6.07) is 9.14. The van der Waals surface area contributed by atoms with Gasteiger partial charge in [0.2, 0.25) is 0 Å². The highest BCUT2D eigenvalue weighted by molar-refractivity contribution is 5.95. The number of anilines is 1. The molecule has 4 heteroatoms. The largest absolute Gasteiger partial charge is 0.466 e. The van der Waals surface area contributed by atoms with Gasteiger partial charge in [0, 0.05) is 5.69 Å². The van der Waals surface area contributed by atoms with E-state index in [0.717, 1.165) is 11.3 Å². The fraction of sp³-hybridized carbons (Fsp3) is 0.267. The SMILES string of the molecule is Cc1cc(C(=O)NC(C)c2cccc(N)c2)c(C)o1. The molecular formula is C15H18N2O2. The van der Waals surface area contributed by atoms with Crippen molar-refractivity contribution in [1.29, 1.82) is 0 Å². The number of nitrogens with two attached hydrogens (primary N) is 1. The lowest BCUT2D eigenvalue weighted by molar-refractivity contribution is 0.0938. The minimum atomic E-state index is -0.135. The van der Waals surface area contributed by atoms with Crippen molar-refractivity contribution in [2.75, 3.05) is 5.73 Å². The minimum Gasteiger partial charge on any atom is -0.466 e. The molecule has 0 bridgehead atoms. The number of hydrogen-bond acceptors (Lipinski definition) is 3. The van der Waals surface area contributed by atoms with Crippen LogP contribution in [0.3, 0.4) is 0 Å². The Morgan fingerprint density at radius 3 is 2.63 bits per heavy atom. The van der Waals surface area contributed by atoms with Crippen LogP contribution in [0.2, 0.25) is 0 Å². The molecule has 3 N–H and O–H groups in total. The molecule has 0 saturated heterocycles. The maximum Gasteiger partial charge on any atom is 0.255 e. The van der Waals surface area contributed by atoms with Crippen LogP contribution in [0.15, 0.2) is 34.7 Å². The molecule has 0 radical (unpaired) electrons. The predicted octanol–water partition coefficient (Wildman–Crippen LogP) is 2.97. The number of carbonyl (C=O) groups is 1. The highest BCUT2D eigenvalue weighted by Crippen LogP contribution is 2.18. The molecule has 2 aromatic rings. The Morgan fingerprint density at radius 1 is 1.32 bits per heavy atom. The first-order valence-corrected chi connectivity index (χ1v) is 6.20. The fourth-order valence-electron chi connectivity index (χ4n) is 2.04. The number of nitrogen functional groups attached to an aromatic ring is 1. The van der Waals surface area contributed by atoms with Gasteiger partial charge in [0.1, 0.15) is 11.5 Å². The Morgan fingerprint density at radius 2 is 2.05 bits per heavy atom. The minimum absolute atomic E-state index is 0.106. The lowest BCUT2D eigenvalue weighted by Crippen LogP contribution is -2.26. The van der Waals surface area contributed by atoms with Crippen LogP contribution in [-0.4, -0.2) is 5.91 Å². The molecule has 19 heavy (non-hydrogen) atoms. The summed E-state index contributed by atoms with van der Waals surface area (Å²) in [5, 5.41) is 2.94. The van der Waals surface area contributed by atoms with Crippen LogP contribution < -0.4 is 11.1 Å². The molecule has 0 aliphatic rings. The van der Waals surface area contributed by atoms with Gasteiger partial charge in [0.25, 0.3) is 5.91 Å². The summed E-state index contributed by atoms with van der Waals surface area (Å²) < 4.78 is 5.36. The van der Waals surface area contributed by atoms with Crippen molar-refractivity contribution >= 4 is 11.6 Å². The summed E-state index contributed by atoms with van der Waals surface area (Å²) in [5.74, 6) is 1.23. The Hall–Kier alpha value is -2.23. The molecule has 1 aromatic carbocycles. The zero-order valence-corrected chi connectivity index (χ0v) is 11.4. The first kappa shape index (κ1) is 13.2. The van der Waals surface area contributed by atoms with E-state index < -0.39 is 0 Å². The number of amides is 1. The average molecular weight is 258 g/mol. The number of aryl methyl sites for hydroxylation is 2. The van der Waals surface area contributed by atoms with Gasteiger partial charge >= 0.3 is 0 Å². The zero-order chi connectivity index (χ0) is 14.0. The quantitative estimate of drug-likeness (QED) is 0.832. The van der Waals surface area contributed by atoms with E-state index in [-0.39, 0.29) is 11.9 Å². The van der Waals surface area contributed by atoms with Crippen molar-refractivity contribution in [1.82, 2.24) is 5.32 Å². The second-order valence-electron chi connectivity index (χ2n) is 4.69. The van der Waals surface area contributed by atoms with Gasteiger partial charge in [-0.2, -0.15) is 0 Å². The second-order valence-corrected chi connectivity index (χ2v) is 4.69. The number of furan rings is 1. The Kier molecular flexibility index (Phi) is 3.60. The zero-order valence-electron chi connectivity index (χ0n) is 11.4. The van der Waals surface area contributed by atoms with Crippen molar-refractivity contribution in [3.8, 4) is 0 Å². The molecule has 0 spiro atoms. The van der Waals surface area contributed by atoms with E-state index >= 15 is 0 Å². The molecule has 1 unspecified atom stereocenters. The van der Waals surface area contributed by atoms with Crippen molar-refractivity contribution in [3.05, 3.63) is 53.0 Å². The molecule has 4 nitrogen and oxygen atoms in total. The van der Waals surface area contributed by atoms with E-state index in [1.807, 2.05) is 38.1 Å². The maximum absolute atomic E-state index is 12.1. The third kappa shape index (κ3) is 2.96. The average Bonchev–Trinajstić information content (AvgIpc) is 2.68. The highest BCUT2D eigenvalue weighted by atomic mass is 16.3. The van der Waals surface area contributed by atoms with Crippen LogP contribution in [0.4, 0.5) is 5.69 Å².